The largest absolute Gasteiger partial charge is 0.381 e. The van der Waals surface area contributed by atoms with Gasteiger partial charge in [-0.2, -0.15) is 5.26 Å². The quantitative estimate of drug-likeness (QED) is 0.827. The molecule has 0 radical (unpaired) electrons. The van der Waals surface area contributed by atoms with Crippen LogP contribution in [0.2, 0.25) is 0 Å². The van der Waals surface area contributed by atoms with E-state index in [2.05, 4.69) is 6.07 Å². The summed E-state index contributed by atoms with van der Waals surface area (Å²) in [4.78, 5) is 14.2. The molecule has 2 unspecified atom stereocenters. The van der Waals surface area contributed by atoms with Gasteiger partial charge in [0.1, 0.15) is 6.04 Å². The number of carbonyl (C=O) groups excluding carboxylic acids is 1. The van der Waals surface area contributed by atoms with Crippen molar-refractivity contribution in [2.24, 2.45) is 0 Å². The molecule has 2 aliphatic heterocycles. The summed E-state index contributed by atoms with van der Waals surface area (Å²) in [5, 5.41) is 9.14. The van der Waals surface area contributed by atoms with E-state index in [-0.39, 0.29) is 5.91 Å². The molecule has 0 aliphatic carbocycles. The Morgan fingerprint density at radius 1 is 1.29 bits per heavy atom. The minimum atomic E-state index is -0.496. The van der Waals surface area contributed by atoms with E-state index in [0.717, 1.165) is 25.2 Å². The maximum atomic E-state index is 12.6. The fraction of sp³-hybridized carbons (Fsp3) is 0.500. The van der Waals surface area contributed by atoms with Gasteiger partial charge in [-0.25, -0.2) is 0 Å². The summed E-state index contributed by atoms with van der Waals surface area (Å²) in [5.41, 5.74) is 1.78. The van der Waals surface area contributed by atoms with Gasteiger partial charge in [0.15, 0.2) is 0 Å². The molecule has 2 saturated heterocycles. The van der Waals surface area contributed by atoms with Crippen LogP contribution in [-0.2, 0) is 9.47 Å². The summed E-state index contributed by atoms with van der Waals surface area (Å²) >= 11 is 0. The molecule has 5 heteroatoms. The Bertz CT molecular complexity index is 561. The van der Waals surface area contributed by atoms with Gasteiger partial charge >= 0.3 is 0 Å². The first kappa shape index (κ1) is 14.1. The van der Waals surface area contributed by atoms with E-state index in [1.807, 2.05) is 24.3 Å². The summed E-state index contributed by atoms with van der Waals surface area (Å²) in [5.74, 6) is 0.278. The molecule has 21 heavy (non-hydrogen) atoms. The predicted octanol–water partition coefficient (Wildman–Crippen LogP) is 1.56. The first-order chi connectivity index (χ1) is 10.3. The van der Waals surface area contributed by atoms with Crippen LogP contribution >= 0.6 is 0 Å². The van der Waals surface area contributed by atoms with Crippen LogP contribution in [0.15, 0.2) is 24.3 Å². The zero-order valence-electron chi connectivity index (χ0n) is 11.8. The maximum Gasteiger partial charge on any atom is 0.255 e. The average molecular weight is 286 g/mol. The molecule has 0 N–H and O–H groups in total. The van der Waals surface area contributed by atoms with Crippen molar-refractivity contribution in [1.29, 1.82) is 5.26 Å². The minimum absolute atomic E-state index is 0.0920. The van der Waals surface area contributed by atoms with E-state index in [1.54, 1.807) is 4.90 Å². The Kier molecular flexibility index (Phi) is 4.18. The number of amides is 1. The highest BCUT2D eigenvalue weighted by molar-refractivity contribution is 5.95. The van der Waals surface area contributed by atoms with Crippen molar-refractivity contribution in [3.8, 4) is 6.07 Å². The van der Waals surface area contributed by atoms with Crippen LogP contribution in [-0.4, -0.2) is 49.8 Å². The molecular weight excluding hydrogens is 268 g/mol. The third kappa shape index (κ3) is 2.92. The number of benzene rings is 1. The minimum Gasteiger partial charge on any atom is -0.381 e. The molecule has 1 amide bonds. The highest BCUT2D eigenvalue weighted by Gasteiger charge is 2.28. The summed E-state index contributed by atoms with van der Waals surface area (Å²) in [6.45, 7) is 2.74. The standard InChI is InChI=1S/C16H18N2O3/c17-9-15-11-21-7-5-18(15)16(19)13-3-1-2-12(8-13)14-4-6-20-10-14/h1-3,8,14-15H,4-7,10-11H2. The van der Waals surface area contributed by atoms with E-state index in [1.165, 1.54) is 0 Å². The summed E-state index contributed by atoms with van der Waals surface area (Å²) in [6.07, 6.45) is 0.996. The van der Waals surface area contributed by atoms with E-state index < -0.39 is 6.04 Å². The molecule has 2 aliphatic rings. The first-order valence-corrected chi connectivity index (χ1v) is 7.25. The normalized spacial score (nSPS) is 25.6. The first-order valence-electron chi connectivity index (χ1n) is 7.25. The van der Waals surface area contributed by atoms with Crippen molar-refractivity contribution in [2.45, 2.75) is 18.4 Å². The molecule has 0 aromatic heterocycles. The zero-order valence-corrected chi connectivity index (χ0v) is 11.8. The van der Waals surface area contributed by atoms with Crippen molar-refractivity contribution < 1.29 is 14.3 Å². The van der Waals surface area contributed by atoms with Crippen molar-refractivity contribution in [2.75, 3.05) is 33.0 Å². The number of ether oxygens (including phenoxy) is 2. The van der Waals surface area contributed by atoms with Gasteiger partial charge < -0.3 is 14.4 Å². The third-order valence-corrected chi connectivity index (χ3v) is 4.07. The van der Waals surface area contributed by atoms with Gasteiger partial charge in [-0.15, -0.1) is 0 Å². The Morgan fingerprint density at radius 2 is 2.14 bits per heavy atom. The van der Waals surface area contributed by atoms with Gasteiger partial charge in [-0.3, -0.25) is 4.79 Å². The van der Waals surface area contributed by atoms with Crippen LogP contribution in [0.3, 0.4) is 0 Å². The molecule has 5 nitrogen and oxygen atoms in total. The topological polar surface area (TPSA) is 62.6 Å². The average Bonchev–Trinajstić information content (AvgIpc) is 3.09. The lowest BCUT2D eigenvalue weighted by Gasteiger charge is -2.31. The van der Waals surface area contributed by atoms with Crippen molar-refractivity contribution in [3.05, 3.63) is 35.4 Å². The van der Waals surface area contributed by atoms with E-state index >= 15 is 0 Å². The van der Waals surface area contributed by atoms with Crippen LogP contribution in [0.4, 0.5) is 0 Å². The molecule has 1 aromatic rings. The predicted molar refractivity (Wildman–Crippen MR) is 75.9 cm³/mol. The summed E-state index contributed by atoms with van der Waals surface area (Å²) in [6, 6.07) is 9.33. The number of hydrogen-bond donors (Lipinski definition) is 0. The SMILES string of the molecule is N#CC1COCCN1C(=O)c1cccc(C2CCOC2)c1. The van der Waals surface area contributed by atoms with E-state index in [0.29, 0.717) is 31.2 Å². The van der Waals surface area contributed by atoms with Crippen LogP contribution in [0.5, 0.6) is 0 Å². The smallest absolute Gasteiger partial charge is 0.255 e. The molecule has 3 rings (SSSR count). The second-order valence-corrected chi connectivity index (χ2v) is 5.40. The number of carbonyl (C=O) groups is 1. The number of nitrogens with zero attached hydrogens (tertiary/aromatic N) is 2. The summed E-state index contributed by atoms with van der Waals surface area (Å²) in [7, 11) is 0. The van der Waals surface area contributed by atoms with E-state index in [9.17, 15) is 4.79 Å². The fourth-order valence-electron chi connectivity index (χ4n) is 2.84. The van der Waals surface area contributed by atoms with Gasteiger partial charge in [0, 0.05) is 24.6 Å². The van der Waals surface area contributed by atoms with Crippen molar-refractivity contribution in [3.63, 3.8) is 0 Å². The Morgan fingerprint density at radius 3 is 2.90 bits per heavy atom. The number of morpholine rings is 1. The number of hydrogen-bond acceptors (Lipinski definition) is 4. The summed E-state index contributed by atoms with van der Waals surface area (Å²) < 4.78 is 10.7. The highest BCUT2D eigenvalue weighted by Crippen LogP contribution is 2.26. The molecule has 0 saturated carbocycles. The molecule has 2 atom stereocenters. The zero-order chi connectivity index (χ0) is 14.7. The van der Waals surface area contributed by atoms with E-state index in [4.69, 9.17) is 14.7 Å². The van der Waals surface area contributed by atoms with Gasteiger partial charge in [-0.1, -0.05) is 12.1 Å². The molecular formula is C16H18N2O3. The maximum absolute atomic E-state index is 12.6. The lowest BCUT2D eigenvalue weighted by atomic mass is 9.96. The fourth-order valence-corrected chi connectivity index (χ4v) is 2.84. The van der Waals surface area contributed by atoms with Crippen LogP contribution in [0, 0.1) is 11.3 Å². The lowest BCUT2D eigenvalue weighted by Crippen LogP contribution is -2.48. The molecule has 0 spiro atoms. The van der Waals surface area contributed by atoms with Crippen molar-refractivity contribution >= 4 is 5.91 Å². The van der Waals surface area contributed by atoms with Crippen molar-refractivity contribution in [1.82, 2.24) is 4.90 Å². The third-order valence-electron chi connectivity index (χ3n) is 4.07. The molecule has 2 heterocycles. The van der Waals surface area contributed by atoms with Gasteiger partial charge in [0.2, 0.25) is 0 Å². The second-order valence-electron chi connectivity index (χ2n) is 5.40. The van der Waals surface area contributed by atoms with Crippen LogP contribution < -0.4 is 0 Å². The van der Waals surface area contributed by atoms with Gasteiger partial charge in [0.05, 0.1) is 25.9 Å². The molecule has 110 valence electrons. The monoisotopic (exact) mass is 286 g/mol. The Hall–Kier alpha value is -1.90. The highest BCUT2D eigenvalue weighted by atomic mass is 16.5. The Labute approximate surface area is 124 Å². The van der Waals surface area contributed by atoms with Crippen LogP contribution in [0.1, 0.15) is 28.3 Å². The lowest BCUT2D eigenvalue weighted by molar-refractivity contribution is 0.0132. The number of rotatable bonds is 2. The molecule has 1 aromatic carbocycles. The Balaban J connectivity index is 1.80. The molecule has 0 bridgehead atoms. The van der Waals surface area contributed by atoms with Gasteiger partial charge in [0.25, 0.3) is 5.91 Å². The second kappa shape index (κ2) is 6.25. The number of nitriles is 1. The van der Waals surface area contributed by atoms with Gasteiger partial charge in [-0.05, 0) is 24.1 Å². The van der Waals surface area contributed by atoms with Crippen LogP contribution in [0.25, 0.3) is 0 Å². The molecule has 2 fully saturated rings.